The fourth-order valence-corrected chi connectivity index (χ4v) is 22.8. The number of nitrogens with zero attached hydrogens (tertiary/aromatic N) is 3. The molecule has 1 fully saturated rings. The molecule has 0 amide bonds. The third-order valence-corrected chi connectivity index (χ3v) is 28.4. The predicted octanol–water partition coefficient (Wildman–Crippen LogP) is 8.53. The zero-order chi connectivity index (χ0) is 27.6. The zero-order valence-electron chi connectivity index (χ0n) is 25.5. The van der Waals surface area contributed by atoms with Crippen LogP contribution >= 0.6 is 10.3 Å². The number of unbranched alkanes of at least 4 members (excludes halogenated alkanes) is 3. The molecule has 1 aliphatic rings. The van der Waals surface area contributed by atoms with Crippen LogP contribution in [0.4, 0.5) is 5.69 Å². The number of imidazole rings is 1. The Morgan fingerprint density at radius 2 is 1.53 bits per heavy atom. The van der Waals surface area contributed by atoms with Crippen molar-refractivity contribution in [1.29, 1.82) is 0 Å². The molecule has 0 saturated carbocycles. The summed E-state index contributed by atoms with van der Waals surface area (Å²) >= 11 is -2.47. The first-order valence-corrected chi connectivity index (χ1v) is 25.0. The summed E-state index contributed by atoms with van der Waals surface area (Å²) in [6.45, 7) is 15.9. The summed E-state index contributed by atoms with van der Waals surface area (Å²) < 4.78 is 15.3. The summed E-state index contributed by atoms with van der Waals surface area (Å²) in [7, 11) is -1.09. The van der Waals surface area contributed by atoms with Crippen molar-refractivity contribution >= 4 is 54.6 Å². The van der Waals surface area contributed by atoms with Crippen LogP contribution in [-0.2, 0) is 4.18 Å². The number of hydrogen-bond donors (Lipinski definition) is 0. The number of hydrogen-bond acceptors (Lipinski definition) is 3. The first-order chi connectivity index (χ1) is 18.0. The summed E-state index contributed by atoms with van der Waals surface area (Å²) in [5.41, 5.74) is 4.76. The van der Waals surface area contributed by atoms with E-state index in [1.807, 2.05) is 0 Å². The predicted molar refractivity (Wildman–Crippen MR) is 174 cm³/mol. The third-order valence-electron chi connectivity index (χ3n) is 9.09. The van der Waals surface area contributed by atoms with E-state index < -0.39 is 28.7 Å². The van der Waals surface area contributed by atoms with Gasteiger partial charge in [0.1, 0.15) is 0 Å². The third kappa shape index (κ3) is 6.35. The Balaban J connectivity index is 1.58. The first kappa shape index (κ1) is 30.0. The Kier molecular flexibility index (Phi) is 9.73. The van der Waals surface area contributed by atoms with Crippen LogP contribution in [0, 0.1) is 0 Å². The number of anilines is 1. The molecule has 1 aromatic carbocycles. The van der Waals surface area contributed by atoms with Gasteiger partial charge in [0, 0.05) is 4.75 Å². The fourth-order valence-electron chi connectivity index (χ4n) is 5.78. The molecule has 0 spiro atoms. The minimum atomic E-state index is -2.47. The quantitative estimate of drug-likeness (QED) is 0.175. The molecule has 0 atom stereocenters. The van der Waals surface area contributed by atoms with Crippen LogP contribution in [0.15, 0.2) is 36.5 Å². The molecule has 4 nitrogen and oxygen atoms in total. The second-order valence-electron chi connectivity index (χ2n) is 13.0. The fraction of sp³-hybridized carbons (Fsp3) is 0.656. The van der Waals surface area contributed by atoms with Gasteiger partial charge in [0.2, 0.25) is 0 Å². The van der Waals surface area contributed by atoms with Gasteiger partial charge in [-0.05, 0) is 12.5 Å². The number of fused-ring (bicyclic) bond motifs is 3. The Hall–Kier alpha value is -0.921. The van der Waals surface area contributed by atoms with Crippen LogP contribution in [-0.4, -0.2) is 64.2 Å². The monoisotopic (exact) mass is 647 g/mol. The van der Waals surface area contributed by atoms with E-state index >= 15 is 0 Å². The van der Waals surface area contributed by atoms with Crippen molar-refractivity contribution in [2.24, 2.45) is 0 Å². The van der Waals surface area contributed by atoms with Crippen molar-refractivity contribution in [3.63, 3.8) is 0 Å². The summed E-state index contributed by atoms with van der Waals surface area (Å²) in [5, 5.41) is 0. The molecule has 38 heavy (non-hydrogen) atoms. The Labute approximate surface area is 238 Å². The van der Waals surface area contributed by atoms with Gasteiger partial charge in [-0.2, -0.15) is 0 Å². The van der Waals surface area contributed by atoms with Crippen molar-refractivity contribution in [2.45, 2.75) is 104 Å². The van der Waals surface area contributed by atoms with Crippen molar-refractivity contribution in [1.82, 2.24) is 9.38 Å². The SMILES string of the molecule is CCC[CH2][Sn]([CH2]CCC)([CH2]CCC)[c]1ccc2c(c1)nc1cc(N3CC(OS(C)(C)C(C)(C)C)C3)ccn12. The summed E-state index contributed by atoms with van der Waals surface area (Å²) in [4.78, 5) is 7.62. The second-order valence-corrected chi connectivity index (χ2v) is 30.1. The minimum absolute atomic E-state index is 0.201. The van der Waals surface area contributed by atoms with Gasteiger partial charge in [0.15, 0.2) is 0 Å². The van der Waals surface area contributed by atoms with E-state index in [1.54, 1.807) is 3.58 Å². The van der Waals surface area contributed by atoms with E-state index in [2.05, 4.69) is 99.9 Å². The van der Waals surface area contributed by atoms with Gasteiger partial charge in [-0.15, -0.1) is 0 Å². The number of pyridine rings is 1. The van der Waals surface area contributed by atoms with Crippen molar-refractivity contribution in [3.05, 3.63) is 36.5 Å². The average molecular weight is 647 g/mol. The molecule has 0 aliphatic carbocycles. The molecule has 1 saturated heterocycles. The van der Waals surface area contributed by atoms with E-state index in [0.29, 0.717) is 6.10 Å². The van der Waals surface area contributed by atoms with Crippen molar-refractivity contribution in [3.8, 4) is 0 Å². The van der Waals surface area contributed by atoms with Crippen LogP contribution in [0.1, 0.15) is 80.1 Å². The molecule has 3 heterocycles. The second kappa shape index (κ2) is 12.3. The molecule has 0 bridgehead atoms. The maximum atomic E-state index is 6.58. The van der Waals surface area contributed by atoms with Crippen LogP contribution in [0.5, 0.6) is 0 Å². The van der Waals surface area contributed by atoms with E-state index in [4.69, 9.17) is 9.17 Å². The van der Waals surface area contributed by atoms with Gasteiger partial charge in [-0.1, -0.05) is 20.8 Å². The topological polar surface area (TPSA) is 29.8 Å². The molecule has 212 valence electrons. The van der Waals surface area contributed by atoms with Crippen LogP contribution in [0.3, 0.4) is 0 Å². The Morgan fingerprint density at radius 1 is 0.921 bits per heavy atom. The average Bonchev–Trinajstić information content (AvgIpc) is 3.22. The van der Waals surface area contributed by atoms with Crippen LogP contribution in [0.25, 0.3) is 16.7 Å². The van der Waals surface area contributed by atoms with Gasteiger partial charge >= 0.3 is 201 Å². The van der Waals surface area contributed by atoms with Gasteiger partial charge in [0.05, 0.1) is 0 Å². The van der Waals surface area contributed by atoms with Gasteiger partial charge in [-0.25, -0.2) is 0 Å². The van der Waals surface area contributed by atoms with Crippen LogP contribution < -0.4 is 8.48 Å². The van der Waals surface area contributed by atoms with Crippen LogP contribution in [0.2, 0.25) is 13.3 Å². The molecule has 2 aromatic heterocycles. The van der Waals surface area contributed by atoms with Gasteiger partial charge in [0.25, 0.3) is 0 Å². The van der Waals surface area contributed by atoms with E-state index in [0.717, 1.165) is 18.7 Å². The van der Waals surface area contributed by atoms with Crippen molar-refractivity contribution in [2.75, 3.05) is 30.5 Å². The number of rotatable bonds is 13. The molecule has 1 aliphatic heterocycles. The molecular weight excluding hydrogens is 593 g/mol. The summed E-state index contributed by atoms with van der Waals surface area (Å²) in [6, 6.07) is 11.9. The first-order valence-electron chi connectivity index (χ1n) is 15.1. The standard InChI is InChI=1S/C20H26N3OS.3C4H9.Sn/c1-20(2,3)25(4,5)24-16-13-22(14-16)15-10-11-23-18-9-7-6-8-17(18)21-19(23)12-15;3*1-3-4-2;/h7-12,16H,13-14H2,1-5H3;3*1,3-4H2,2H3;. The molecule has 0 unspecified atom stereocenters. The molecule has 0 N–H and O–H groups in total. The summed E-state index contributed by atoms with van der Waals surface area (Å²) in [5.74, 6) is 0. The summed E-state index contributed by atoms with van der Waals surface area (Å²) in [6.07, 6.45) is 15.3. The number of aromatic nitrogens is 2. The maximum absolute atomic E-state index is 6.58. The van der Waals surface area contributed by atoms with Crippen molar-refractivity contribution < 1.29 is 4.18 Å². The van der Waals surface area contributed by atoms with Gasteiger partial charge < -0.3 is 0 Å². The molecule has 3 aromatic rings. The van der Waals surface area contributed by atoms with E-state index in [9.17, 15) is 0 Å². The molecular formula is C32H53N3OSSn. The Bertz CT molecular complexity index is 1190. The molecule has 6 heteroatoms. The van der Waals surface area contributed by atoms with E-state index in [-0.39, 0.29) is 4.75 Å². The number of benzene rings is 1. The molecule has 4 rings (SSSR count). The Morgan fingerprint density at radius 3 is 2.08 bits per heavy atom. The van der Waals surface area contributed by atoms with Gasteiger partial charge in [-0.3, -0.25) is 0 Å². The van der Waals surface area contributed by atoms with E-state index in [1.165, 1.54) is 68.6 Å². The zero-order valence-corrected chi connectivity index (χ0v) is 29.1. The molecule has 0 radical (unpaired) electrons. The normalized spacial score (nSPS) is 15.9.